The highest BCUT2D eigenvalue weighted by molar-refractivity contribution is 7.99. The Morgan fingerprint density at radius 1 is 1.00 bits per heavy atom. The van der Waals surface area contributed by atoms with Crippen LogP contribution in [-0.2, 0) is 11.8 Å². The molecule has 8 heteroatoms. The molecule has 1 aliphatic heterocycles. The number of ether oxygens (including phenoxy) is 1. The molecule has 1 aromatic heterocycles. The Morgan fingerprint density at radius 3 is 2.43 bits per heavy atom. The molecule has 2 heterocycles. The molecule has 2 aromatic carbocycles. The van der Waals surface area contributed by atoms with Crippen molar-refractivity contribution in [3.05, 3.63) is 54.6 Å². The van der Waals surface area contributed by atoms with E-state index in [1.54, 1.807) is 7.11 Å². The smallest absolute Gasteiger partial charge is 0.233 e. The molecule has 1 fully saturated rings. The molecule has 0 radical (unpaired) electrons. The fourth-order valence-electron chi connectivity index (χ4n) is 3.58. The van der Waals surface area contributed by atoms with Gasteiger partial charge in [-0.1, -0.05) is 54.2 Å². The number of hydrogen-bond acceptors (Lipinski definition) is 6. The molecule has 1 amide bonds. The van der Waals surface area contributed by atoms with Gasteiger partial charge in [-0.05, 0) is 12.1 Å². The topological polar surface area (TPSA) is 63.5 Å². The molecule has 0 unspecified atom stereocenters. The van der Waals surface area contributed by atoms with Crippen molar-refractivity contribution in [3.63, 3.8) is 0 Å². The van der Waals surface area contributed by atoms with Gasteiger partial charge in [0.2, 0.25) is 5.91 Å². The summed E-state index contributed by atoms with van der Waals surface area (Å²) in [6, 6.07) is 17.9. The van der Waals surface area contributed by atoms with E-state index in [9.17, 15) is 4.79 Å². The fourth-order valence-corrected chi connectivity index (χ4v) is 4.40. The zero-order chi connectivity index (χ0) is 20.9. The summed E-state index contributed by atoms with van der Waals surface area (Å²) in [4.78, 5) is 16.9. The second kappa shape index (κ2) is 9.21. The van der Waals surface area contributed by atoms with Gasteiger partial charge in [-0.3, -0.25) is 4.79 Å². The highest BCUT2D eigenvalue weighted by atomic mass is 32.2. The first-order valence-corrected chi connectivity index (χ1v) is 10.9. The van der Waals surface area contributed by atoms with Crippen LogP contribution in [0.1, 0.15) is 0 Å². The number of carbonyl (C=O) groups is 1. The summed E-state index contributed by atoms with van der Waals surface area (Å²) in [6.07, 6.45) is 0. The van der Waals surface area contributed by atoms with Crippen molar-refractivity contribution in [2.45, 2.75) is 5.16 Å². The van der Waals surface area contributed by atoms with Crippen LogP contribution in [0.25, 0.3) is 11.4 Å². The van der Waals surface area contributed by atoms with Crippen LogP contribution in [-0.4, -0.2) is 64.6 Å². The third-order valence-corrected chi connectivity index (χ3v) is 6.25. The maximum absolute atomic E-state index is 12.7. The number of hydrogen-bond donors (Lipinski definition) is 0. The third kappa shape index (κ3) is 4.28. The normalized spacial score (nSPS) is 14.1. The van der Waals surface area contributed by atoms with Gasteiger partial charge >= 0.3 is 0 Å². The lowest BCUT2D eigenvalue weighted by atomic mass is 10.2. The first-order chi connectivity index (χ1) is 14.7. The summed E-state index contributed by atoms with van der Waals surface area (Å²) < 4.78 is 7.40. The Kier molecular flexibility index (Phi) is 6.23. The van der Waals surface area contributed by atoms with E-state index in [0.717, 1.165) is 41.1 Å². The van der Waals surface area contributed by atoms with Crippen LogP contribution in [0.2, 0.25) is 0 Å². The summed E-state index contributed by atoms with van der Waals surface area (Å²) in [7, 11) is 3.62. The van der Waals surface area contributed by atoms with E-state index in [1.807, 2.05) is 65.0 Å². The molecule has 0 saturated carbocycles. The quantitative estimate of drug-likeness (QED) is 0.568. The fraction of sp³-hybridized carbons (Fsp3) is 0.318. The predicted molar refractivity (Wildman–Crippen MR) is 119 cm³/mol. The Labute approximate surface area is 180 Å². The Morgan fingerprint density at radius 2 is 1.70 bits per heavy atom. The molecule has 1 aliphatic rings. The molecule has 7 nitrogen and oxygen atoms in total. The van der Waals surface area contributed by atoms with Gasteiger partial charge in [0.1, 0.15) is 5.75 Å². The number of aromatic nitrogens is 3. The monoisotopic (exact) mass is 423 g/mol. The van der Waals surface area contributed by atoms with Gasteiger partial charge in [-0.15, -0.1) is 10.2 Å². The standard InChI is InChI=1S/C22H25N5O2S/c1-25-21(17-8-4-3-5-9-17)23-24-22(25)30-16-20(28)27-14-12-26(13-15-27)18-10-6-7-11-19(18)29-2/h3-11H,12-16H2,1-2H3. The van der Waals surface area contributed by atoms with Gasteiger partial charge in [0.15, 0.2) is 11.0 Å². The Balaban J connectivity index is 1.32. The molecule has 3 aromatic rings. The van der Waals surface area contributed by atoms with Gasteiger partial charge in [-0.25, -0.2) is 0 Å². The first-order valence-electron chi connectivity index (χ1n) is 9.90. The van der Waals surface area contributed by atoms with Gasteiger partial charge < -0.3 is 19.1 Å². The van der Waals surface area contributed by atoms with E-state index in [1.165, 1.54) is 11.8 Å². The maximum atomic E-state index is 12.7. The van der Waals surface area contributed by atoms with Crippen LogP contribution in [0.5, 0.6) is 5.75 Å². The summed E-state index contributed by atoms with van der Waals surface area (Å²) in [6.45, 7) is 2.98. The van der Waals surface area contributed by atoms with Gasteiger partial charge in [0, 0.05) is 38.8 Å². The second-order valence-corrected chi connectivity index (χ2v) is 8.00. The van der Waals surface area contributed by atoms with Crippen molar-refractivity contribution in [3.8, 4) is 17.1 Å². The lowest BCUT2D eigenvalue weighted by Gasteiger charge is -2.36. The molecule has 4 rings (SSSR count). The van der Waals surface area contributed by atoms with Crippen LogP contribution in [0.3, 0.4) is 0 Å². The number of methoxy groups -OCH3 is 1. The van der Waals surface area contributed by atoms with Crippen molar-refractivity contribution < 1.29 is 9.53 Å². The minimum Gasteiger partial charge on any atom is -0.495 e. The third-order valence-electron chi connectivity index (χ3n) is 5.25. The van der Waals surface area contributed by atoms with E-state index in [-0.39, 0.29) is 5.91 Å². The minimum absolute atomic E-state index is 0.129. The Bertz CT molecular complexity index is 1000. The number of piperazine rings is 1. The van der Waals surface area contributed by atoms with E-state index in [0.29, 0.717) is 18.8 Å². The molecule has 0 bridgehead atoms. The number of thioether (sulfide) groups is 1. The predicted octanol–water partition coefficient (Wildman–Crippen LogP) is 2.93. The number of benzene rings is 2. The van der Waals surface area contributed by atoms with Crippen molar-refractivity contribution in [2.75, 3.05) is 43.9 Å². The van der Waals surface area contributed by atoms with Crippen LogP contribution in [0, 0.1) is 0 Å². The highest BCUT2D eigenvalue weighted by Gasteiger charge is 2.23. The van der Waals surface area contributed by atoms with Crippen molar-refractivity contribution in [2.24, 2.45) is 7.05 Å². The number of anilines is 1. The summed E-state index contributed by atoms with van der Waals surface area (Å²) >= 11 is 1.43. The van der Waals surface area contributed by atoms with Gasteiger partial charge in [0.25, 0.3) is 0 Å². The van der Waals surface area contributed by atoms with Gasteiger partial charge in [-0.2, -0.15) is 0 Å². The molecular weight excluding hydrogens is 398 g/mol. The molecule has 0 aliphatic carbocycles. The molecule has 0 atom stereocenters. The number of amides is 1. The van der Waals surface area contributed by atoms with Crippen LogP contribution in [0.4, 0.5) is 5.69 Å². The Hall–Kier alpha value is -3.00. The molecule has 1 saturated heterocycles. The molecule has 0 N–H and O–H groups in total. The summed E-state index contributed by atoms with van der Waals surface area (Å²) in [5, 5.41) is 9.29. The maximum Gasteiger partial charge on any atom is 0.233 e. The second-order valence-electron chi connectivity index (χ2n) is 7.06. The zero-order valence-electron chi connectivity index (χ0n) is 17.2. The lowest BCUT2D eigenvalue weighted by Crippen LogP contribution is -2.49. The highest BCUT2D eigenvalue weighted by Crippen LogP contribution is 2.28. The largest absolute Gasteiger partial charge is 0.495 e. The van der Waals surface area contributed by atoms with Crippen molar-refractivity contribution in [1.29, 1.82) is 0 Å². The lowest BCUT2D eigenvalue weighted by molar-refractivity contribution is -0.128. The van der Waals surface area contributed by atoms with Crippen LogP contribution in [0.15, 0.2) is 59.8 Å². The summed E-state index contributed by atoms with van der Waals surface area (Å²) in [5.74, 6) is 2.15. The van der Waals surface area contributed by atoms with Crippen LogP contribution >= 0.6 is 11.8 Å². The molecule has 0 spiro atoms. The van der Waals surface area contributed by atoms with Crippen LogP contribution < -0.4 is 9.64 Å². The average molecular weight is 424 g/mol. The first kappa shape index (κ1) is 20.3. The number of nitrogens with zero attached hydrogens (tertiary/aromatic N) is 5. The van der Waals surface area contributed by atoms with E-state index >= 15 is 0 Å². The molecule has 156 valence electrons. The van der Waals surface area contributed by atoms with E-state index in [2.05, 4.69) is 21.2 Å². The zero-order valence-corrected chi connectivity index (χ0v) is 18.0. The number of rotatable bonds is 6. The molecular formula is C22H25N5O2S. The van der Waals surface area contributed by atoms with E-state index in [4.69, 9.17) is 4.74 Å². The molecule has 30 heavy (non-hydrogen) atoms. The van der Waals surface area contributed by atoms with Gasteiger partial charge in [0.05, 0.1) is 18.6 Å². The SMILES string of the molecule is COc1ccccc1N1CCN(C(=O)CSc2nnc(-c3ccccc3)n2C)CC1. The number of para-hydroxylation sites is 2. The minimum atomic E-state index is 0.129. The van der Waals surface area contributed by atoms with Crippen molar-refractivity contribution >= 4 is 23.4 Å². The van der Waals surface area contributed by atoms with E-state index < -0.39 is 0 Å². The number of carbonyl (C=O) groups excluding carboxylic acids is 1. The summed E-state index contributed by atoms with van der Waals surface area (Å²) in [5.41, 5.74) is 2.09. The average Bonchev–Trinajstić information content (AvgIpc) is 3.18. The van der Waals surface area contributed by atoms with Crippen molar-refractivity contribution in [1.82, 2.24) is 19.7 Å².